The van der Waals surface area contributed by atoms with Crippen molar-refractivity contribution in [3.05, 3.63) is 45.8 Å². The molecule has 0 saturated heterocycles. The Kier molecular flexibility index (Phi) is 4.82. The van der Waals surface area contributed by atoms with Crippen molar-refractivity contribution < 1.29 is 19.4 Å². The molecule has 21 heavy (non-hydrogen) atoms. The number of hydrogen-bond donors (Lipinski definition) is 2. The molecule has 0 radical (unpaired) electrons. The van der Waals surface area contributed by atoms with Gasteiger partial charge in [0, 0.05) is 5.02 Å². The standard InChI is InChI=1S/C14H12ClNO4S/c1-8-6-9(2-3-11(8)15)20-7-12(17)16-13-10(14(18)19)4-5-21-13/h2-6H,7H2,1H3,(H,16,17)(H,18,19). The normalized spacial score (nSPS) is 10.2. The van der Waals surface area contributed by atoms with Crippen LogP contribution < -0.4 is 10.1 Å². The summed E-state index contributed by atoms with van der Waals surface area (Å²) in [6, 6.07) is 6.51. The topological polar surface area (TPSA) is 75.6 Å². The highest BCUT2D eigenvalue weighted by Gasteiger charge is 2.14. The number of rotatable bonds is 5. The minimum Gasteiger partial charge on any atom is -0.484 e. The minimum absolute atomic E-state index is 0.0655. The van der Waals surface area contributed by atoms with Gasteiger partial charge in [-0.05, 0) is 42.1 Å². The number of amides is 1. The Morgan fingerprint density at radius 2 is 2.14 bits per heavy atom. The van der Waals surface area contributed by atoms with E-state index in [9.17, 15) is 9.59 Å². The molecule has 2 rings (SSSR count). The summed E-state index contributed by atoms with van der Waals surface area (Å²) >= 11 is 7.04. The largest absolute Gasteiger partial charge is 0.484 e. The minimum atomic E-state index is -1.08. The molecule has 1 amide bonds. The monoisotopic (exact) mass is 325 g/mol. The van der Waals surface area contributed by atoms with Crippen molar-refractivity contribution in [2.75, 3.05) is 11.9 Å². The van der Waals surface area contributed by atoms with E-state index in [1.54, 1.807) is 23.6 Å². The number of nitrogens with one attached hydrogen (secondary N) is 1. The van der Waals surface area contributed by atoms with Crippen molar-refractivity contribution in [1.82, 2.24) is 0 Å². The molecule has 7 heteroatoms. The molecule has 0 unspecified atom stereocenters. The summed E-state index contributed by atoms with van der Waals surface area (Å²) in [5, 5.41) is 14.0. The van der Waals surface area contributed by atoms with Gasteiger partial charge in [-0.2, -0.15) is 0 Å². The number of aryl methyl sites for hydroxylation is 1. The summed E-state index contributed by atoms with van der Waals surface area (Å²) in [6.07, 6.45) is 0. The summed E-state index contributed by atoms with van der Waals surface area (Å²) < 4.78 is 5.34. The number of carbonyl (C=O) groups excluding carboxylic acids is 1. The Hall–Kier alpha value is -2.05. The van der Waals surface area contributed by atoms with Crippen molar-refractivity contribution in [3.63, 3.8) is 0 Å². The van der Waals surface area contributed by atoms with Gasteiger partial charge in [-0.15, -0.1) is 11.3 Å². The van der Waals surface area contributed by atoms with E-state index in [4.69, 9.17) is 21.4 Å². The number of hydrogen-bond acceptors (Lipinski definition) is 4. The van der Waals surface area contributed by atoms with Gasteiger partial charge in [0.1, 0.15) is 10.8 Å². The van der Waals surface area contributed by atoms with Crippen LogP contribution in [0.25, 0.3) is 0 Å². The molecule has 2 N–H and O–H groups in total. The lowest BCUT2D eigenvalue weighted by Crippen LogP contribution is -2.20. The molecule has 5 nitrogen and oxygen atoms in total. The SMILES string of the molecule is Cc1cc(OCC(=O)Nc2sccc2C(=O)O)ccc1Cl. The summed E-state index contributed by atoms with van der Waals surface area (Å²) in [4.78, 5) is 22.7. The molecule has 0 aliphatic rings. The molecule has 0 atom stereocenters. The van der Waals surface area contributed by atoms with Crippen LogP contribution in [-0.2, 0) is 4.79 Å². The Labute approximate surface area is 130 Å². The fourth-order valence-corrected chi connectivity index (χ4v) is 2.51. The van der Waals surface area contributed by atoms with Crippen molar-refractivity contribution in [3.8, 4) is 5.75 Å². The molecule has 2 aromatic rings. The molecule has 0 bridgehead atoms. The maximum absolute atomic E-state index is 11.8. The van der Waals surface area contributed by atoms with E-state index in [-0.39, 0.29) is 12.2 Å². The van der Waals surface area contributed by atoms with E-state index >= 15 is 0 Å². The van der Waals surface area contributed by atoms with Gasteiger partial charge in [0.15, 0.2) is 6.61 Å². The average Bonchev–Trinajstić information content (AvgIpc) is 2.88. The van der Waals surface area contributed by atoms with Crippen LogP contribution in [0.2, 0.25) is 5.02 Å². The van der Waals surface area contributed by atoms with E-state index in [0.29, 0.717) is 15.8 Å². The smallest absolute Gasteiger partial charge is 0.338 e. The number of benzene rings is 1. The number of carboxylic acid groups (broad SMARTS) is 1. The summed E-state index contributed by atoms with van der Waals surface area (Å²) in [5.74, 6) is -0.981. The maximum atomic E-state index is 11.8. The van der Waals surface area contributed by atoms with Crippen LogP contribution in [0.1, 0.15) is 15.9 Å². The van der Waals surface area contributed by atoms with E-state index in [1.165, 1.54) is 6.07 Å². The number of carbonyl (C=O) groups is 2. The number of thiophene rings is 1. The molecule has 0 spiro atoms. The quantitative estimate of drug-likeness (QED) is 0.883. The Morgan fingerprint density at radius 3 is 2.81 bits per heavy atom. The molecule has 1 aromatic heterocycles. The molecule has 1 aromatic carbocycles. The lowest BCUT2D eigenvalue weighted by atomic mass is 10.2. The summed E-state index contributed by atoms with van der Waals surface area (Å²) in [7, 11) is 0. The molecule has 0 saturated carbocycles. The van der Waals surface area contributed by atoms with Crippen LogP contribution in [0.15, 0.2) is 29.6 Å². The van der Waals surface area contributed by atoms with E-state index < -0.39 is 11.9 Å². The van der Waals surface area contributed by atoms with Crippen LogP contribution in [0, 0.1) is 6.92 Å². The van der Waals surface area contributed by atoms with Crippen molar-refractivity contribution in [2.24, 2.45) is 0 Å². The van der Waals surface area contributed by atoms with Crippen LogP contribution >= 0.6 is 22.9 Å². The fourth-order valence-electron chi connectivity index (χ4n) is 1.59. The third kappa shape index (κ3) is 3.96. The van der Waals surface area contributed by atoms with Gasteiger partial charge in [-0.1, -0.05) is 11.6 Å². The molecule has 1 heterocycles. The third-order valence-electron chi connectivity index (χ3n) is 2.65. The van der Waals surface area contributed by atoms with Gasteiger partial charge in [0.25, 0.3) is 5.91 Å². The van der Waals surface area contributed by atoms with Crippen LogP contribution in [-0.4, -0.2) is 23.6 Å². The van der Waals surface area contributed by atoms with Crippen LogP contribution in [0.3, 0.4) is 0 Å². The predicted octanol–water partition coefficient (Wildman–Crippen LogP) is 3.43. The molecular formula is C14H12ClNO4S. The summed E-state index contributed by atoms with van der Waals surface area (Å²) in [5.41, 5.74) is 0.914. The van der Waals surface area contributed by atoms with Crippen molar-refractivity contribution in [1.29, 1.82) is 0 Å². The first-order valence-electron chi connectivity index (χ1n) is 5.97. The van der Waals surface area contributed by atoms with Gasteiger partial charge in [-0.25, -0.2) is 4.79 Å². The number of carboxylic acids is 1. The zero-order chi connectivity index (χ0) is 15.4. The number of aromatic carboxylic acids is 1. The van der Waals surface area contributed by atoms with Gasteiger partial charge >= 0.3 is 5.97 Å². The summed E-state index contributed by atoms with van der Waals surface area (Å²) in [6.45, 7) is 1.62. The molecule has 110 valence electrons. The zero-order valence-electron chi connectivity index (χ0n) is 11.1. The number of halogens is 1. The van der Waals surface area contributed by atoms with Gasteiger partial charge < -0.3 is 15.2 Å². The highest BCUT2D eigenvalue weighted by atomic mass is 35.5. The van der Waals surface area contributed by atoms with Crippen molar-refractivity contribution in [2.45, 2.75) is 6.92 Å². The zero-order valence-corrected chi connectivity index (χ0v) is 12.6. The molecule has 0 fully saturated rings. The van der Waals surface area contributed by atoms with Gasteiger partial charge in [0.05, 0.1) is 5.56 Å². The first-order chi connectivity index (χ1) is 9.97. The Balaban J connectivity index is 1.94. The second kappa shape index (κ2) is 6.60. The molecule has 0 aliphatic carbocycles. The lowest BCUT2D eigenvalue weighted by Gasteiger charge is -2.08. The maximum Gasteiger partial charge on any atom is 0.338 e. The Bertz CT molecular complexity index is 683. The fraction of sp³-hybridized carbons (Fsp3) is 0.143. The van der Waals surface area contributed by atoms with Crippen molar-refractivity contribution >= 4 is 39.8 Å². The second-order valence-electron chi connectivity index (χ2n) is 4.22. The second-order valence-corrected chi connectivity index (χ2v) is 5.54. The van der Waals surface area contributed by atoms with E-state index in [2.05, 4.69) is 5.32 Å². The van der Waals surface area contributed by atoms with Crippen LogP contribution in [0.4, 0.5) is 5.00 Å². The van der Waals surface area contributed by atoms with Crippen LogP contribution in [0.5, 0.6) is 5.75 Å². The third-order valence-corrected chi connectivity index (χ3v) is 3.90. The molecule has 0 aliphatic heterocycles. The number of ether oxygens (including phenoxy) is 1. The first-order valence-corrected chi connectivity index (χ1v) is 7.22. The highest BCUT2D eigenvalue weighted by Crippen LogP contribution is 2.23. The number of anilines is 1. The highest BCUT2D eigenvalue weighted by molar-refractivity contribution is 7.14. The van der Waals surface area contributed by atoms with Gasteiger partial charge in [0.2, 0.25) is 0 Å². The first kappa shape index (κ1) is 15.3. The van der Waals surface area contributed by atoms with E-state index in [0.717, 1.165) is 16.9 Å². The molecular weight excluding hydrogens is 314 g/mol. The Morgan fingerprint density at radius 1 is 1.38 bits per heavy atom. The lowest BCUT2D eigenvalue weighted by molar-refractivity contribution is -0.118. The average molecular weight is 326 g/mol. The van der Waals surface area contributed by atoms with E-state index in [1.807, 2.05) is 6.92 Å². The van der Waals surface area contributed by atoms with Gasteiger partial charge in [-0.3, -0.25) is 4.79 Å². The predicted molar refractivity (Wildman–Crippen MR) is 81.6 cm³/mol.